The van der Waals surface area contributed by atoms with Gasteiger partial charge in [0, 0.05) is 36.0 Å². The van der Waals surface area contributed by atoms with Crippen LogP contribution in [0.25, 0.3) is 0 Å². The van der Waals surface area contributed by atoms with E-state index in [-0.39, 0.29) is 24.3 Å². The standard InChI is InChI=1S/C26H38N2O9/c1-7-33-26(32)34-13-20-21(29)22(30)23(31)25(36-20)37-24-19(16(6)28(27-24)14(2)3)12-17-8-10-18(11-9-17)35-15(4)5/h8-11,14-15,20-23,25,29-31H,7,12-13H2,1-6H3/t20-,21-,22+,23-,25+/m1/s1/i4D3,5D3,6D3,14D,15D. The summed E-state index contributed by atoms with van der Waals surface area (Å²) in [7, 11) is 0. The highest BCUT2D eigenvalue weighted by atomic mass is 16.7. The predicted octanol–water partition coefficient (Wildman–Crippen LogP) is 2.51. The third-order valence-corrected chi connectivity index (χ3v) is 5.42. The molecule has 1 aliphatic heterocycles. The second-order valence-electron chi connectivity index (χ2n) is 8.37. The van der Waals surface area contributed by atoms with E-state index in [1.54, 1.807) is 0 Å². The van der Waals surface area contributed by atoms with Gasteiger partial charge in [-0.05, 0) is 59.0 Å². The van der Waals surface area contributed by atoms with E-state index in [2.05, 4.69) is 9.84 Å². The molecule has 0 aliphatic carbocycles. The first-order valence-corrected chi connectivity index (χ1v) is 11.4. The summed E-state index contributed by atoms with van der Waals surface area (Å²) in [5, 5.41) is 35.8. The van der Waals surface area contributed by atoms with Crippen LogP contribution in [-0.4, -0.2) is 81.3 Å². The van der Waals surface area contributed by atoms with E-state index in [9.17, 15) is 20.1 Å². The largest absolute Gasteiger partial charge is 0.508 e. The number of carbonyl (C=O) groups is 1. The van der Waals surface area contributed by atoms with E-state index < -0.39 is 87.7 Å². The van der Waals surface area contributed by atoms with Gasteiger partial charge in [-0.1, -0.05) is 12.1 Å². The van der Waals surface area contributed by atoms with Crippen molar-refractivity contribution in [3.05, 3.63) is 41.1 Å². The van der Waals surface area contributed by atoms with Crippen LogP contribution in [0.2, 0.25) is 0 Å². The molecule has 0 unspecified atom stereocenters. The van der Waals surface area contributed by atoms with Gasteiger partial charge in [-0.15, -0.1) is 5.10 Å². The van der Waals surface area contributed by atoms with Gasteiger partial charge in [-0.25, -0.2) is 4.79 Å². The van der Waals surface area contributed by atoms with Crippen molar-refractivity contribution in [1.82, 2.24) is 9.78 Å². The lowest BCUT2D eigenvalue weighted by Gasteiger charge is -2.39. The maximum absolute atomic E-state index is 11.7. The Balaban J connectivity index is 2.01. The Bertz CT molecular complexity index is 1390. The van der Waals surface area contributed by atoms with E-state index in [1.807, 2.05) is 0 Å². The summed E-state index contributed by atoms with van der Waals surface area (Å²) < 4.78 is 113. The van der Waals surface area contributed by atoms with Crippen LogP contribution in [0, 0.1) is 6.85 Å². The van der Waals surface area contributed by atoms with E-state index in [4.69, 9.17) is 34.0 Å². The minimum atomic E-state index is -3.35. The highest BCUT2D eigenvalue weighted by Gasteiger charge is 2.46. The zero-order valence-electron chi connectivity index (χ0n) is 31.5. The number of ether oxygens (including phenoxy) is 5. The van der Waals surface area contributed by atoms with Crippen LogP contribution in [0.3, 0.4) is 0 Å². The summed E-state index contributed by atoms with van der Waals surface area (Å²) in [4.78, 5) is 11.7. The molecule has 1 fully saturated rings. The smallest absolute Gasteiger partial charge is 0.491 e. The van der Waals surface area contributed by atoms with Crippen LogP contribution >= 0.6 is 0 Å². The Hall–Kier alpha value is -2.86. The molecule has 3 N–H and O–H groups in total. The van der Waals surface area contributed by atoms with Gasteiger partial charge >= 0.3 is 6.16 Å². The molecule has 0 saturated carbocycles. The quantitative estimate of drug-likeness (QED) is 0.390. The molecule has 1 aliphatic rings. The van der Waals surface area contributed by atoms with Crippen LogP contribution in [0.5, 0.6) is 11.6 Å². The lowest BCUT2D eigenvalue weighted by molar-refractivity contribution is -0.278. The first-order chi connectivity index (χ1) is 21.8. The summed E-state index contributed by atoms with van der Waals surface area (Å²) in [6, 6.07) is 3.39. The molecule has 1 saturated heterocycles. The Morgan fingerprint density at radius 1 is 1.16 bits per heavy atom. The number of benzene rings is 1. The number of hydrogen-bond acceptors (Lipinski definition) is 10. The zero-order valence-corrected chi connectivity index (χ0v) is 20.5. The summed E-state index contributed by atoms with van der Waals surface area (Å²) in [6.45, 7) is -5.97. The average Bonchev–Trinajstić information content (AvgIpc) is 3.31. The van der Waals surface area contributed by atoms with E-state index in [0.29, 0.717) is 5.56 Å². The molecule has 1 aromatic heterocycles. The van der Waals surface area contributed by atoms with Crippen molar-refractivity contribution in [3.63, 3.8) is 0 Å². The van der Waals surface area contributed by atoms with Crippen molar-refractivity contribution in [2.45, 2.75) is 90.6 Å². The molecule has 206 valence electrons. The summed E-state index contributed by atoms with van der Waals surface area (Å²) >= 11 is 0. The molecular weight excluding hydrogens is 484 g/mol. The molecule has 3 rings (SSSR count). The Labute approximate surface area is 232 Å². The van der Waals surface area contributed by atoms with Gasteiger partial charge in [0.05, 0.1) is 15.4 Å². The molecule has 2 heterocycles. The van der Waals surface area contributed by atoms with Crippen LogP contribution in [0.1, 0.15) is 72.4 Å². The molecule has 0 amide bonds. The van der Waals surface area contributed by atoms with Gasteiger partial charge in [-0.3, -0.25) is 4.68 Å². The van der Waals surface area contributed by atoms with E-state index in [1.165, 1.54) is 45.0 Å². The van der Waals surface area contributed by atoms with Crippen LogP contribution < -0.4 is 9.47 Å². The highest BCUT2D eigenvalue weighted by molar-refractivity contribution is 5.59. The number of hydrogen-bond donors (Lipinski definition) is 3. The lowest BCUT2D eigenvalue weighted by atomic mass is 9.99. The molecule has 11 heteroatoms. The maximum Gasteiger partial charge on any atom is 0.508 e. The summed E-state index contributed by atoms with van der Waals surface area (Å²) in [5.41, 5.74) is -0.208. The van der Waals surface area contributed by atoms with Crippen molar-refractivity contribution in [3.8, 4) is 11.6 Å². The van der Waals surface area contributed by atoms with E-state index >= 15 is 0 Å². The second-order valence-corrected chi connectivity index (χ2v) is 8.37. The number of aromatic nitrogens is 2. The molecule has 1 aromatic carbocycles. The first kappa shape index (κ1) is 16.9. The van der Waals surface area contributed by atoms with Crippen LogP contribution in [0.4, 0.5) is 4.79 Å². The Morgan fingerprint density at radius 2 is 1.89 bits per heavy atom. The number of carbonyl (C=O) groups excluding carboxylic acids is 1. The second kappa shape index (κ2) is 12.6. The molecule has 2 aromatic rings. The fourth-order valence-corrected chi connectivity index (χ4v) is 3.58. The van der Waals surface area contributed by atoms with E-state index in [0.717, 1.165) is 4.68 Å². The minimum absolute atomic E-state index is 0.00513. The molecule has 37 heavy (non-hydrogen) atoms. The number of rotatable bonds is 10. The zero-order chi connectivity index (χ0) is 36.6. The predicted molar refractivity (Wildman–Crippen MR) is 133 cm³/mol. The average molecular weight is 534 g/mol. The normalized spacial score (nSPS) is 29.8. The number of nitrogens with zero attached hydrogens (tertiary/aromatic N) is 2. The van der Waals surface area contributed by atoms with Gasteiger partial charge in [0.15, 0.2) is 0 Å². The Morgan fingerprint density at radius 3 is 2.51 bits per heavy atom. The fourth-order valence-electron chi connectivity index (χ4n) is 3.58. The number of aliphatic hydroxyl groups excluding tert-OH is 3. The van der Waals surface area contributed by atoms with Crippen molar-refractivity contribution >= 4 is 6.16 Å². The topological polar surface area (TPSA) is 142 Å². The lowest BCUT2D eigenvalue weighted by Crippen LogP contribution is -2.60. The SMILES string of the molecule is [2H]C([2H])([2H])c1c(Cc2ccc(OC([2H])(C([2H])([2H])[2H])C([2H])([2H])[2H])cc2)c(O[C@@H]2O[C@H](COC(=O)OCC)[C@@H](O)[C@H](O)[C@H]2O)nn1C([2H])(C)C. The van der Waals surface area contributed by atoms with Gasteiger partial charge in [0.2, 0.25) is 12.2 Å². The molecule has 5 atom stereocenters. The molecule has 0 radical (unpaired) electrons. The third kappa shape index (κ3) is 7.13. The van der Waals surface area contributed by atoms with Crippen molar-refractivity contribution in [2.75, 3.05) is 13.2 Å². The summed E-state index contributed by atoms with van der Waals surface area (Å²) in [6.07, 6.45) is -13.4. The fraction of sp³-hybridized carbons (Fsp3) is 0.615. The monoisotopic (exact) mass is 533 g/mol. The number of aliphatic hydroxyl groups is 3. The summed E-state index contributed by atoms with van der Waals surface area (Å²) in [5.74, 6) is -0.715. The van der Waals surface area contributed by atoms with Gasteiger partial charge in [0.1, 0.15) is 36.8 Å². The first-order valence-electron chi connectivity index (χ1n) is 16.9. The van der Waals surface area contributed by atoms with Gasteiger partial charge in [-0.2, -0.15) is 0 Å². The molecule has 11 nitrogen and oxygen atoms in total. The van der Waals surface area contributed by atoms with Crippen molar-refractivity contribution in [1.29, 1.82) is 0 Å². The minimum Gasteiger partial charge on any atom is -0.491 e. The van der Waals surface area contributed by atoms with Gasteiger partial charge in [0.25, 0.3) is 0 Å². The Kier molecular flexibility index (Phi) is 5.74. The van der Waals surface area contributed by atoms with Gasteiger partial charge < -0.3 is 39.0 Å². The third-order valence-electron chi connectivity index (χ3n) is 5.42. The maximum atomic E-state index is 11.7. The molecule has 0 bridgehead atoms. The van der Waals surface area contributed by atoms with Crippen molar-refractivity contribution < 1.29 is 58.9 Å². The van der Waals surface area contributed by atoms with Crippen LogP contribution in [0.15, 0.2) is 24.3 Å². The van der Waals surface area contributed by atoms with Crippen LogP contribution in [-0.2, 0) is 20.6 Å². The molecule has 0 spiro atoms. The highest BCUT2D eigenvalue weighted by Crippen LogP contribution is 2.31. The molecular formula is C26H38N2O9. The van der Waals surface area contributed by atoms with Crippen molar-refractivity contribution in [2.24, 2.45) is 0 Å².